The van der Waals surface area contributed by atoms with Gasteiger partial charge < -0.3 is 5.32 Å². The number of hydrogen-bond acceptors (Lipinski definition) is 3. The maximum Gasteiger partial charge on any atom is 0.224 e. The monoisotopic (exact) mass is 365 g/mol. The molecule has 0 aliphatic rings. The molecule has 1 amide bonds. The number of aryl methyl sites for hydroxylation is 3. The van der Waals surface area contributed by atoms with E-state index >= 15 is 0 Å². The Bertz CT molecular complexity index is 888. The second kappa shape index (κ2) is 8.72. The zero-order chi connectivity index (χ0) is 18.4. The van der Waals surface area contributed by atoms with Gasteiger partial charge in [0.05, 0.1) is 5.69 Å². The van der Waals surface area contributed by atoms with Crippen LogP contribution in [-0.2, 0) is 24.0 Å². The van der Waals surface area contributed by atoms with Gasteiger partial charge >= 0.3 is 0 Å². The Kier molecular flexibility index (Phi) is 6.12. The highest BCUT2D eigenvalue weighted by Gasteiger charge is 2.09. The maximum absolute atomic E-state index is 12.3. The first-order valence-corrected chi connectivity index (χ1v) is 9.64. The second-order valence-corrected chi connectivity index (χ2v) is 7.29. The first-order valence-electron chi connectivity index (χ1n) is 8.66. The Labute approximate surface area is 158 Å². The fraction of sp³-hybridized carbons (Fsp3) is 0.238. The smallest absolute Gasteiger partial charge is 0.224 e. The summed E-state index contributed by atoms with van der Waals surface area (Å²) in [6.45, 7) is 2.10. The van der Waals surface area contributed by atoms with E-state index in [9.17, 15) is 4.79 Å². The lowest BCUT2D eigenvalue weighted by atomic mass is 10.2. The number of rotatable bonds is 7. The molecule has 26 heavy (non-hydrogen) atoms. The second-order valence-electron chi connectivity index (χ2n) is 6.27. The molecule has 0 saturated carbocycles. The topological polar surface area (TPSA) is 46.9 Å². The molecule has 0 bridgehead atoms. The van der Waals surface area contributed by atoms with Crippen molar-refractivity contribution in [3.8, 4) is 0 Å². The first-order chi connectivity index (χ1) is 12.6. The zero-order valence-electron chi connectivity index (χ0n) is 15.1. The molecular formula is C21H23N3OS. The van der Waals surface area contributed by atoms with Crippen LogP contribution in [0.1, 0.15) is 23.2 Å². The van der Waals surface area contributed by atoms with Gasteiger partial charge in [0.15, 0.2) is 0 Å². The SMILES string of the molecule is Cc1cccc(CSc2ccccc2NC(=O)CCc2ccnn2C)c1. The minimum absolute atomic E-state index is 0.0230. The number of amides is 1. The van der Waals surface area contributed by atoms with Crippen LogP contribution < -0.4 is 5.32 Å². The van der Waals surface area contributed by atoms with Crippen molar-refractivity contribution in [2.24, 2.45) is 7.05 Å². The van der Waals surface area contributed by atoms with Crippen molar-refractivity contribution >= 4 is 23.4 Å². The van der Waals surface area contributed by atoms with E-state index in [1.165, 1.54) is 11.1 Å². The van der Waals surface area contributed by atoms with Crippen LogP contribution in [0, 0.1) is 6.92 Å². The summed E-state index contributed by atoms with van der Waals surface area (Å²) in [5.74, 6) is 0.902. The summed E-state index contributed by atoms with van der Waals surface area (Å²) in [5, 5.41) is 7.18. The van der Waals surface area contributed by atoms with E-state index in [1.807, 2.05) is 31.3 Å². The van der Waals surface area contributed by atoms with E-state index in [-0.39, 0.29) is 5.91 Å². The summed E-state index contributed by atoms with van der Waals surface area (Å²) >= 11 is 1.74. The van der Waals surface area contributed by atoms with Gasteiger partial charge in [-0.1, -0.05) is 42.0 Å². The molecule has 0 unspecified atom stereocenters. The number of aromatic nitrogens is 2. The quantitative estimate of drug-likeness (QED) is 0.623. The minimum atomic E-state index is 0.0230. The largest absolute Gasteiger partial charge is 0.325 e. The van der Waals surface area contributed by atoms with Crippen LogP contribution in [0.5, 0.6) is 0 Å². The van der Waals surface area contributed by atoms with E-state index in [0.29, 0.717) is 12.8 Å². The van der Waals surface area contributed by atoms with E-state index in [1.54, 1.807) is 22.6 Å². The first kappa shape index (κ1) is 18.3. The number of anilines is 1. The lowest BCUT2D eigenvalue weighted by Crippen LogP contribution is -2.14. The maximum atomic E-state index is 12.3. The third-order valence-corrected chi connectivity index (χ3v) is 5.31. The minimum Gasteiger partial charge on any atom is -0.325 e. The van der Waals surface area contributed by atoms with Gasteiger partial charge in [-0.2, -0.15) is 5.10 Å². The van der Waals surface area contributed by atoms with Gasteiger partial charge in [-0.15, -0.1) is 11.8 Å². The molecule has 0 fully saturated rings. The molecule has 0 radical (unpaired) electrons. The van der Waals surface area contributed by atoms with Crippen molar-refractivity contribution in [1.29, 1.82) is 0 Å². The van der Waals surface area contributed by atoms with Gasteiger partial charge in [-0.05, 0) is 37.1 Å². The molecule has 0 spiro atoms. The van der Waals surface area contributed by atoms with E-state index in [0.717, 1.165) is 22.0 Å². The van der Waals surface area contributed by atoms with E-state index < -0.39 is 0 Å². The van der Waals surface area contributed by atoms with Crippen LogP contribution in [0.3, 0.4) is 0 Å². The number of thioether (sulfide) groups is 1. The van der Waals surface area contributed by atoms with Crippen molar-refractivity contribution in [1.82, 2.24) is 9.78 Å². The van der Waals surface area contributed by atoms with Crippen LogP contribution in [-0.4, -0.2) is 15.7 Å². The predicted molar refractivity (Wildman–Crippen MR) is 107 cm³/mol. The Morgan fingerprint density at radius 2 is 2.00 bits per heavy atom. The molecule has 5 heteroatoms. The van der Waals surface area contributed by atoms with Gasteiger partial charge in [-0.25, -0.2) is 0 Å². The molecule has 0 saturated heterocycles. The average Bonchev–Trinajstić information content (AvgIpc) is 3.04. The highest BCUT2D eigenvalue weighted by molar-refractivity contribution is 7.98. The number of carbonyl (C=O) groups is 1. The number of nitrogens with zero attached hydrogens (tertiary/aromatic N) is 2. The Morgan fingerprint density at radius 1 is 1.15 bits per heavy atom. The Balaban J connectivity index is 1.59. The van der Waals surface area contributed by atoms with Crippen LogP contribution in [0.15, 0.2) is 65.7 Å². The predicted octanol–water partition coefficient (Wildman–Crippen LogP) is 4.59. The summed E-state index contributed by atoms with van der Waals surface area (Å²) in [5.41, 5.74) is 4.48. The third kappa shape index (κ3) is 4.99. The van der Waals surface area contributed by atoms with Crippen molar-refractivity contribution in [3.63, 3.8) is 0 Å². The van der Waals surface area contributed by atoms with Gasteiger partial charge in [0.1, 0.15) is 0 Å². The lowest BCUT2D eigenvalue weighted by Gasteiger charge is -2.11. The van der Waals surface area contributed by atoms with Crippen LogP contribution in [0.25, 0.3) is 0 Å². The molecule has 1 heterocycles. The van der Waals surface area contributed by atoms with Crippen molar-refractivity contribution < 1.29 is 4.79 Å². The molecule has 3 aromatic rings. The highest BCUT2D eigenvalue weighted by atomic mass is 32.2. The fourth-order valence-corrected chi connectivity index (χ4v) is 3.71. The highest BCUT2D eigenvalue weighted by Crippen LogP contribution is 2.30. The molecule has 3 rings (SSSR count). The number of nitrogens with one attached hydrogen (secondary N) is 1. The van der Waals surface area contributed by atoms with Gasteiger partial charge in [0, 0.05) is 36.0 Å². The van der Waals surface area contributed by atoms with Crippen molar-refractivity contribution in [3.05, 3.63) is 77.6 Å². The Hall–Kier alpha value is -2.53. The van der Waals surface area contributed by atoms with Crippen LogP contribution >= 0.6 is 11.8 Å². The van der Waals surface area contributed by atoms with Gasteiger partial charge in [0.2, 0.25) is 5.91 Å². The number of benzene rings is 2. The fourth-order valence-electron chi connectivity index (χ4n) is 2.76. The third-order valence-electron chi connectivity index (χ3n) is 4.17. The molecule has 1 aromatic heterocycles. The van der Waals surface area contributed by atoms with Crippen LogP contribution in [0.2, 0.25) is 0 Å². The molecule has 1 N–H and O–H groups in total. The van der Waals surface area contributed by atoms with Crippen molar-refractivity contribution in [2.75, 3.05) is 5.32 Å². The standard InChI is InChI=1S/C21H23N3OS/c1-16-6-5-7-17(14-16)15-26-20-9-4-3-8-19(20)23-21(25)11-10-18-12-13-22-24(18)2/h3-9,12-14H,10-11,15H2,1-2H3,(H,23,25). The van der Waals surface area contributed by atoms with E-state index in [2.05, 4.69) is 47.7 Å². The van der Waals surface area contributed by atoms with Gasteiger partial charge in [0.25, 0.3) is 0 Å². The summed E-state index contributed by atoms with van der Waals surface area (Å²) < 4.78 is 1.80. The molecule has 0 atom stereocenters. The zero-order valence-corrected chi connectivity index (χ0v) is 15.9. The van der Waals surface area contributed by atoms with Gasteiger partial charge in [-0.3, -0.25) is 9.48 Å². The van der Waals surface area contributed by atoms with Crippen molar-refractivity contribution in [2.45, 2.75) is 30.4 Å². The number of hydrogen-bond donors (Lipinski definition) is 1. The molecule has 134 valence electrons. The molecule has 0 aliphatic heterocycles. The summed E-state index contributed by atoms with van der Waals surface area (Å²) in [4.78, 5) is 13.4. The summed E-state index contributed by atoms with van der Waals surface area (Å²) in [6, 6.07) is 18.4. The number of para-hydroxylation sites is 1. The average molecular weight is 366 g/mol. The molecule has 0 aliphatic carbocycles. The summed E-state index contributed by atoms with van der Waals surface area (Å²) in [6.07, 6.45) is 2.88. The molecule has 4 nitrogen and oxygen atoms in total. The summed E-state index contributed by atoms with van der Waals surface area (Å²) in [7, 11) is 1.89. The Morgan fingerprint density at radius 3 is 2.77 bits per heavy atom. The molecule has 2 aromatic carbocycles. The lowest BCUT2D eigenvalue weighted by molar-refractivity contribution is -0.116. The normalized spacial score (nSPS) is 10.7. The van der Waals surface area contributed by atoms with Crippen LogP contribution in [0.4, 0.5) is 5.69 Å². The van der Waals surface area contributed by atoms with E-state index in [4.69, 9.17) is 0 Å². The molecular weight excluding hydrogens is 342 g/mol. The number of carbonyl (C=O) groups excluding carboxylic acids is 1.